The monoisotopic (exact) mass is 268 g/mol. The molecule has 0 amide bonds. The molecule has 0 atom stereocenters. The lowest BCUT2D eigenvalue weighted by molar-refractivity contribution is 0.0506. The molecule has 0 radical (unpaired) electrons. The first-order valence-electron chi connectivity index (χ1n) is 8.35. The van der Waals surface area contributed by atoms with Crippen molar-refractivity contribution in [1.29, 1.82) is 0 Å². The van der Waals surface area contributed by atoms with E-state index in [-0.39, 0.29) is 6.10 Å². The zero-order valence-corrected chi connectivity index (χ0v) is 12.7. The first-order chi connectivity index (χ1) is 9.24. The van der Waals surface area contributed by atoms with Gasteiger partial charge < -0.3 is 15.3 Å². The number of hydrogen-bond acceptors (Lipinski definition) is 3. The number of hydrogen-bond donors (Lipinski definition) is 2. The largest absolute Gasteiger partial charge is 0.393 e. The third-order valence-corrected chi connectivity index (χ3v) is 5.03. The average Bonchev–Trinajstić information content (AvgIpc) is 2.65. The maximum Gasteiger partial charge on any atom is 0.0564 e. The Hall–Kier alpha value is -0.120. The maximum atomic E-state index is 9.64. The summed E-state index contributed by atoms with van der Waals surface area (Å²) in [5.41, 5.74) is 0.495. The van der Waals surface area contributed by atoms with E-state index >= 15 is 0 Å². The highest BCUT2D eigenvalue weighted by Gasteiger charge is 2.33. The van der Waals surface area contributed by atoms with E-state index in [1.165, 1.54) is 51.6 Å². The first kappa shape index (κ1) is 15.3. The van der Waals surface area contributed by atoms with Crippen LogP contribution in [0, 0.1) is 5.41 Å². The third kappa shape index (κ3) is 4.73. The molecule has 112 valence electrons. The van der Waals surface area contributed by atoms with Crippen LogP contribution in [-0.4, -0.2) is 48.8 Å². The Balaban J connectivity index is 1.92. The Labute approximate surface area is 118 Å². The SMILES string of the molecule is CCNCC1(CN2CCC(O)CC2)CCCCCC1. The summed E-state index contributed by atoms with van der Waals surface area (Å²) in [5, 5.41) is 13.3. The van der Waals surface area contributed by atoms with Crippen LogP contribution in [0.5, 0.6) is 0 Å². The minimum absolute atomic E-state index is 0.0462. The van der Waals surface area contributed by atoms with Gasteiger partial charge in [0.15, 0.2) is 0 Å². The van der Waals surface area contributed by atoms with Gasteiger partial charge in [0, 0.05) is 26.2 Å². The number of nitrogens with one attached hydrogen (secondary N) is 1. The van der Waals surface area contributed by atoms with Crippen LogP contribution in [0.25, 0.3) is 0 Å². The molecular formula is C16H32N2O. The summed E-state index contributed by atoms with van der Waals surface area (Å²) in [6.07, 6.45) is 10.3. The van der Waals surface area contributed by atoms with Gasteiger partial charge in [-0.05, 0) is 37.6 Å². The van der Waals surface area contributed by atoms with Gasteiger partial charge in [0.05, 0.1) is 6.10 Å². The van der Waals surface area contributed by atoms with Crippen LogP contribution in [0.15, 0.2) is 0 Å². The van der Waals surface area contributed by atoms with Gasteiger partial charge in [-0.2, -0.15) is 0 Å². The van der Waals surface area contributed by atoms with Crippen molar-refractivity contribution < 1.29 is 5.11 Å². The van der Waals surface area contributed by atoms with Crippen LogP contribution in [0.1, 0.15) is 58.3 Å². The van der Waals surface area contributed by atoms with E-state index in [1.54, 1.807) is 0 Å². The molecule has 3 nitrogen and oxygen atoms in total. The minimum Gasteiger partial charge on any atom is -0.393 e. The first-order valence-corrected chi connectivity index (χ1v) is 8.35. The van der Waals surface area contributed by atoms with E-state index in [0.717, 1.165) is 32.5 Å². The molecule has 1 aliphatic heterocycles. The molecule has 0 bridgehead atoms. The smallest absolute Gasteiger partial charge is 0.0564 e. The summed E-state index contributed by atoms with van der Waals surface area (Å²) in [6.45, 7) is 7.90. The molecule has 0 aromatic rings. The van der Waals surface area contributed by atoms with Gasteiger partial charge in [0.2, 0.25) is 0 Å². The Bertz CT molecular complexity index is 241. The molecular weight excluding hydrogens is 236 g/mol. The van der Waals surface area contributed by atoms with E-state index in [1.807, 2.05) is 0 Å². The summed E-state index contributed by atoms with van der Waals surface area (Å²) < 4.78 is 0. The molecule has 0 spiro atoms. The lowest BCUT2D eigenvalue weighted by Crippen LogP contribution is -2.47. The van der Waals surface area contributed by atoms with E-state index < -0.39 is 0 Å². The fourth-order valence-electron chi connectivity index (χ4n) is 3.81. The van der Waals surface area contributed by atoms with Crippen molar-refractivity contribution in [1.82, 2.24) is 10.2 Å². The fourth-order valence-corrected chi connectivity index (χ4v) is 3.81. The Morgan fingerprint density at radius 1 is 1.11 bits per heavy atom. The van der Waals surface area contributed by atoms with Crippen molar-refractivity contribution in [3.8, 4) is 0 Å². The van der Waals surface area contributed by atoms with Gasteiger partial charge in [0.1, 0.15) is 0 Å². The molecule has 2 fully saturated rings. The lowest BCUT2D eigenvalue weighted by atomic mass is 9.79. The zero-order chi connectivity index (χ0) is 13.6. The van der Waals surface area contributed by atoms with Gasteiger partial charge in [-0.3, -0.25) is 0 Å². The normalized spacial score (nSPS) is 26.2. The summed E-state index contributed by atoms with van der Waals surface area (Å²) in [6, 6.07) is 0. The van der Waals surface area contributed by atoms with Crippen LogP contribution in [0.4, 0.5) is 0 Å². The molecule has 19 heavy (non-hydrogen) atoms. The van der Waals surface area contributed by atoms with Crippen molar-refractivity contribution in [2.24, 2.45) is 5.41 Å². The number of aliphatic hydroxyl groups excluding tert-OH is 1. The van der Waals surface area contributed by atoms with Gasteiger partial charge in [0.25, 0.3) is 0 Å². The fraction of sp³-hybridized carbons (Fsp3) is 1.00. The second-order valence-corrected chi connectivity index (χ2v) is 6.70. The Kier molecular flexibility index (Phi) is 6.11. The van der Waals surface area contributed by atoms with Crippen molar-refractivity contribution in [3.63, 3.8) is 0 Å². The number of nitrogens with zero attached hydrogens (tertiary/aromatic N) is 1. The molecule has 2 aliphatic rings. The topological polar surface area (TPSA) is 35.5 Å². The van der Waals surface area contributed by atoms with Crippen LogP contribution in [0.3, 0.4) is 0 Å². The van der Waals surface area contributed by atoms with E-state index in [0.29, 0.717) is 5.41 Å². The van der Waals surface area contributed by atoms with Crippen LogP contribution in [0.2, 0.25) is 0 Å². The molecule has 1 saturated carbocycles. The van der Waals surface area contributed by atoms with Crippen LogP contribution in [-0.2, 0) is 0 Å². The summed E-state index contributed by atoms with van der Waals surface area (Å²) in [7, 11) is 0. The van der Waals surface area contributed by atoms with Crippen LogP contribution < -0.4 is 5.32 Å². The van der Waals surface area contributed by atoms with Gasteiger partial charge in [-0.15, -0.1) is 0 Å². The molecule has 0 aromatic heterocycles. The number of piperidine rings is 1. The molecule has 2 N–H and O–H groups in total. The quantitative estimate of drug-likeness (QED) is 0.752. The minimum atomic E-state index is -0.0462. The molecule has 3 heteroatoms. The zero-order valence-electron chi connectivity index (χ0n) is 12.7. The molecule has 2 rings (SSSR count). The highest BCUT2D eigenvalue weighted by Crippen LogP contribution is 2.36. The maximum absolute atomic E-state index is 9.64. The molecule has 1 aliphatic carbocycles. The molecule has 0 unspecified atom stereocenters. The number of rotatable bonds is 5. The summed E-state index contributed by atoms with van der Waals surface area (Å²) in [5.74, 6) is 0. The summed E-state index contributed by atoms with van der Waals surface area (Å²) >= 11 is 0. The van der Waals surface area contributed by atoms with Crippen LogP contribution >= 0.6 is 0 Å². The molecule has 0 aromatic carbocycles. The standard InChI is InChI=1S/C16H32N2O/c1-2-17-13-16(9-5-3-4-6-10-16)14-18-11-7-15(19)8-12-18/h15,17,19H,2-14H2,1H3. The third-order valence-electron chi connectivity index (χ3n) is 5.03. The summed E-state index contributed by atoms with van der Waals surface area (Å²) in [4.78, 5) is 2.61. The van der Waals surface area contributed by atoms with Gasteiger partial charge in [-0.1, -0.05) is 32.6 Å². The average molecular weight is 268 g/mol. The number of aliphatic hydroxyl groups is 1. The molecule has 1 saturated heterocycles. The second-order valence-electron chi connectivity index (χ2n) is 6.70. The number of likely N-dealkylation sites (tertiary alicyclic amines) is 1. The van der Waals surface area contributed by atoms with Gasteiger partial charge in [-0.25, -0.2) is 0 Å². The van der Waals surface area contributed by atoms with Crippen molar-refractivity contribution in [2.45, 2.75) is 64.4 Å². The Morgan fingerprint density at radius 2 is 1.74 bits per heavy atom. The van der Waals surface area contributed by atoms with Crippen molar-refractivity contribution in [2.75, 3.05) is 32.7 Å². The molecule has 1 heterocycles. The van der Waals surface area contributed by atoms with E-state index in [2.05, 4.69) is 17.1 Å². The van der Waals surface area contributed by atoms with E-state index in [4.69, 9.17) is 0 Å². The highest BCUT2D eigenvalue weighted by molar-refractivity contribution is 4.88. The second kappa shape index (κ2) is 7.61. The predicted octanol–water partition coefficient (Wildman–Crippen LogP) is 2.39. The van der Waals surface area contributed by atoms with E-state index in [9.17, 15) is 5.11 Å². The Morgan fingerprint density at radius 3 is 2.32 bits per heavy atom. The van der Waals surface area contributed by atoms with Crippen molar-refractivity contribution in [3.05, 3.63) is 0 Å². The van der Waals surface area contributed by atoms with Crippen molar-refractivity contribution >= 4 is 0 Å². The highest BCUT2D eigenvalue weighted by atomic mass is 16.3. The lowest BCUT2D eigenvalue weighted by Gasteiger charge is -2.40. The van der Waals surface area contributed by atoms with Gasteiger partial charge >= 0.3 is 0 Å². The predicted molar refractivity (Wildman–Crippen MR) is 80.4 cm³/mol.